The fraction of sp³-hybridized carbons (Fsp3) is 0.118. The molecule has 5 aromatic carbocycles. The lowest BCUT2D eigenvalue weighted by Gasteiger charge is -2.33. The van der Waals surface area contributed by atoms with Gasteiger partial charge in [0.1, 0.15) is 11.8 Å². The molecule has 39 heavy (non-hydrogen) atoms. The van der Waals surface area contributed by atoms with Crippen LogP contribution in [-0.2, 0) is 9.22 Å². The second-order valence-corrected chi connectivity index (χ2v) is 13.2. The molecule has 0 aromatic heterocycles. The molecule has 0 aliphatic heterocycles. The topological polar surface area (TPSA) is 58.9 Å². The van der Waals surface area contributed by atoms with Gasteiger partial charge in [0.05, 0.1) is 0 Å². The molecule has 5 rings (SSSR count). The Labute approximate surface area is 230 Å². The fourth-order valence-corrected chi connectivity index (χ4v) is 8.75. The molecular formula is C34H31NO3Si. The van der Waals surface area contributed by atoms with Crippen LogP contribution in [0.1, 0.15) is 19.4 Å². The number of nitrogens with zero attached hydrogens (tertiary/aromatic N) is 1. The van der Waals surface area contributed by atoms with Crippen LogP contribution in [0.2, 0.25) is 0 Å². The van der Waals surface area contributed by atoms with Crippen molar-refractivity contribution in [3.8, 4) is 5.75 Å². The van der Waals surface area contributed by atoms with Crippen LogP contribution in [0.15, 0.2) is 132 Å². The lowest BCUT2D eigenvalue weighted by atomic mass is 10.0. The van der Waals surface area contributed by atoms with Gasteiger partial charge in [-0.25, -0.2) is 0 Å². The lowest BCUT2D eigenvalue weighted by Crippen LogP contribution is -2.70. The summed E-state index contributed by atoms with van der Waals surface area (Å²) < 4.78 is 6.75. The molecular weight excluding hydrogens is 498 g/mol. The van der Waals surface area contributed by atoms with Gasteiger partial charge in [0, 0.05) is 11.8 Å². The van der Waals surface area contributed by atoms with Gasteiger partial charge in [-0.3, -0.25) is 9.79 Å². The van der Waals surface area contributed by atoms with Gasteiger partial charge in [-0.2, -0.15) is 0 Å². The largest absolute Gasteiger partial charge is 0.507 e. The summed E-state index contributed by atoms with van der Waals surface area (Å²) >= 11 is 0. The molecule has 0 aliphatic carbocycles. The van der Waals surface area contributed by atoms with Crippen LogP contribution >= 0.6 is 0 Å². The van der Waals surface area contributed by atoms with E-state index in [1.807, 2.05) is 135 Å². The first-order chi connectivity index (χ1) is 19.0. The molecule has 194 valence electrons. The van der Waals surface area contributed by atoms with Crippen LogP contribution in [-0.4, -0.2) is 31.6 Å². The van der Waals surface area contributed by atoms with Crippen LogP contribution in [0.4, 0.5) is 0 Å². The van der Waals surface area contributed by atoms with Crippen LogP contribution in [0, 0.1) is 5.92 Å². The maximum absolute atomic E-state index is 14.1. The standard InChI is InChI=1S/C34H31NO3Si/c1-25(2)33(35-24-31-30-21-13-12-14-26(30)22-23-32(31)36)34(37)38-39(27-15-6-3-7-16-27,28-17-8-4-9-18-28)29-19-10-5-11-20-29/h3-25,33,36H,1-2H3/t33-/m0/s1. The molecule has 0 bridgehead atoms. The zero-order valence-electron chi connectivity index (χ0n) is 22.1. The minimum atomic E-state index is -3.23. The highest BCUT2D eigenvalue weighted by atomic mass is 28.4. The van der Waals surface area contributed by atoms with Crippen LogP contribution in [0.5, 0.6) is 5.75 Å². The molecule has 0 unspecified atom stereocenters. The fourth-order valence-electron chi connectivity index (χ4n) is 4.99. The van der Waals surface area contributed by atoms with Crippen molar-refractivity contribution in [2.75, 3.05) is 0 Å². The predicted molar refractivity (Wildman–Crippen MR) is 162 cm³/mol. The van der Waals surface area contributed by atoms with Crippen LogP contribution < -0.4 is 15.6 Å². The van der Waals surface area contributed by atoms with E-state index in [-0.39, 0.29) is 17.6 Å². The average Bonchev–Trinajstić information content (AvgIpc) is 2.98. The van der Waals surface area contributed by atoms with Gasteiger partial charge in [0.2, 0.25) is 0 Å². The highest BCUT2D eigenvalue weighted by molar-refractivity contribution is 7.07. The Morgan fingerprint density at radius 2 is 1.21 bits per heavy atom. The lowest BCUT2D eigenvalue weighted by molar-refractivity contribution is -0.137. The molecule has 0 radical (unpaired) electrons. The van der Waals surface area contributed by atoms with E-state index in [2.05, 4.69) is 0 Å². The van der Waals surface area contributed by atoms with Crippen molar-refractivity contribution in [1.82, 2.24) is 0 Å². The first kappa shape index (κ1) is 26.1. The Morgan fingerprint density at radius 1 is 0.718 bits per heavy atom. The summed E-state index contributed by atoms with van der Waals surface area (Å²) in [5.74, 6) is -0.390. The van der Waals surface area contributed by atoms with Crippen LogP contribution in [0.3, 0.4) is 0 Å². The SMILES string of the molecule is CC(C)[C@H](N=Cc1c(O)ccc2ccccc12)C(=O)O[Si](c1ccccc1)(c1ccccc1)c1ccccc1. The van der Waals surface area contributed by atoms with Crippen molar-refractivity contribution in [1.29, 1.82) is 0 Å². The van der Waals surface area contributed by atoms with E-state index in [4.69, 9.17) is 9.42 Å². The Hall–Kier alpha value is -4.48. The van der Waals surface area contributed by atoms with Gasteiger partial charge >= 0.3 is 14.3 Å². The first-order valence-corrected chi connectivity index (χ1v) is 15.0. The Kier molecular flexibility index (Phi) is 7.71. The van der Waals surface area contributed by atoms with E-state index in [1.165, 1.54) is 0 Å². The number of hydrogen-bond donors (Lipinski definition) is 1. The third kappa shape index (κ3) is 5.27. The molecule has 0 spiro atoms. The molecule has 1 atom stereocenters. The minimum Gasteiger partial charge on any atom is -0.507 e. The molecule has 5 heteroatoms. The summed E-state index contributed by atoms with van der Waals surface area (Å²) in [4.78, 5) is 18.9. The van der Waals surface area contributed by atoms with E-state index < -0.39 is 14.4 Å². The van der Waals surface area contributed by atoms with Crippen molar-refractivity contribution in [3.05, 3.63) is 133 Å². The van der Waals surface area contributed by atoms with Crippen molar-refractivity contribution in [3.63, 3.8) is 0 Å². The van der Waals surface area contributed by atoms with Gasteiger partial charge in [-0.1, -0.05) is 135 Å². The summed E-state index contributed by atoms with van der Waals surface area (Å²) in [5, 5.41) is 15.4. The van der Waals surface area contributed by atoms with Crippen molar-refractivity contribution in [2.45, 2.75) is 19.9 Å². The molecule has 0 saturated heterocycles. The first-order valence-electron chi connectivity index (χ1n) is 13.1. The number of benzene rings is 5. The number of phenols is 1. The molecule has 0 saturated carbocycles. The van der Waals surface area contributed by atoms with Gasteiger partial charge < -0.3 is 9.53 Å². The van der Waals surface area contributed by atoms with Crippen molar-refractivity contribution < 1.29 is 14.3 Å². The zero-order chi connectivity index (χ0) is 27.2. The smallest absolute Gasteiger partial charge is 0.350 e. The number of fused-ring (bicyclic) bond motifs is 1. The van der Waals surface area contributed by atoms with Gasteiger partial charge in [-0.15, -0.1) is 0 Å². The Balaban J connectivity index is 1.61. The van der Waals surface area contributed by atoms with Gasteiger partial charge in [-0.05, 0) is 38.3 Å². The quantitative estimate of drug-likeness (QED) is 0.171. The highest BCUT2D eigenvalue weighted by Crippen LogP contribution is 2.26. The summed E-state index contributed by atoms with van der Waals surface area (Å²) in [5.41, 5.74) is 0.587. The third-order valence-corrected chi connectivity index (χ3v) is 10.9. The maximum atomic E-state index is 14.1. The normalized spacial score (nSPS) is 12.6. The van der Waals surface area contributed by atoms with Crippen molar-refractivity contribution in [2.24, 2.45) is 10.9 Å². The maximum Gasteiger partial charge on any atom is 0.350 e. The predicted octanol–water partition coefficient (Wildman–Crippen LogP) is 5.20. The summed E-state index contributed by atoms with van der Waals surface area (Å²) in [6.45, 7) is 3.92. The second kappa shape index (κ2) is 11.5. The number of aliphatic imine (C=N–C) groups is 1. The summed E-state index contributed by atoms with van der Waals surface area (Å²) in [7, 11) is -3.23. The molecule has 0 heterocycles. The van der Waals surface area contributed by atoms with E-state index >= 15 is 0 Å². The molecule has 4 nitrogen and oxygen atoms in total. The molecule has 0 aliphatic rings. The summed E-state index contributed by atoms with van der Waals surface area (Å²) in [6, 6.07) is 40.7. The summed E-state index contributed by atoms with van der Waals surface area (Å²) in [6.07, 6.45) is 1.61. The second-order valence-electron chi connectivity index (χ2n) is 9.89. The number of hydrogen-bond acceptors (Lipinski definition) is 4. The van der Waals surface area contributed by atoms with Crippen molar-refractivity contribution >= 4 is 46.8 Å². The molecule has 0 fully saturated rings. The highest BCUT2D eigenvalue weighted by Gasteiger charge is 2.46. The number of aromatic hydroxyl groups is 1. The van der Waals surface area contributed by atoms with Crippen LogP contribution in [0.25, 0.3) is 10.8 Å². The average molecular weight is 530 g/mol. The number of rotatable bonds is 8. The van der Waals surface area contributed by atoms with E-state index in [1.54, 1.807) is 12.3 Å². The van der Waals surface area contributed by atoms with E-state index in [0.29, 0.717) is 5.56 Å². The van der Waals surface area contributed by atoms with Gasteiger partial charge in [0.15, 0.2) is 0 Å². The zero-order valence-corrected chi connectivity index (χ0v) is 23.1. The number of carbonyl (C=O) groups is 1. The Morgan fingerprint density at radius 3 is 1.72 bits per heavy atom. The minimum absolute atomic E-state index is 0.120. The van der Waals surface area contributed by atoms with E-state index in [0.717, 1.165) is 26.3 Å². The van der Waals surface area contributed by atoms with Gasteiger partial charge in [0.25, 0.3) is 0 Å². The molecule has 5 aromatic rings. The molecule has 0 amide bonds. The van der Waals surface area contributed by atoms with E-state index in [9.17, 15) is 9.90 Å². The number of carbonyl (C=O) groups excluding carboxylic acids is 1. The monoisotopic (exact) mass is 529 g/mol. The molecule has 1 N–H and O–H groups in total. The third-order valence-electron chi connectivity index (χ3n) is 6.98. The number of phenolic OH excluding ortho intramolecular Hbond substituents is 1. The Bertz CT molecular complexity index is 1490.